The lowest BCUT2D eigenvalue weighted by Crippen LogP contribution is -2.63. The molecule has 2 atom stereocenters. The van der Waals surface area contributed by atoms with Crippen molar-refractivity contribution < 1.29 is 4.74 Å². The van der Waals surface area contributed by atoms with Gasteiger partial charge in [-0.15, -0.1) is 0 Å². The maximum atomic E-state index is 6.16. The summed E-state index contributed by atoms with van der Waals surface area (Å²) >= 11 is 0. The molecule has 0 saturated heterocycles. The second-order valence-electron chi connectivity index (χ2n) is 14.5. The highest BCUT2D eigenvalue weighted by atomic mass is 16.5. The molecule has 9 rings (SSSR count). The summed E-state index contributed by atoms with van der Waals surface area (Å²) in [6.07, 6.45) is 18.7. The lowest BCUT2D eigenvalue weighted by atomic mass is 9.32. The summed E-state index contributed by atoms with van der Waals surface area (Å²) in [7, 11) is 0. The Kier molecular flexibility index (Phi) is 3.85. The van der Waals surface area contributed by atoms with E-state index in [9.17, 15) is 0 Å². The largest absolute Gasteiger partial charge is 0.488 e. The predicted octanol–water partition coefficient (Wildman–Crippen LogP) is 7.92. The molecule has 1 aromatic carbocycles. The molecule has 1 nitrogen and oxygen atoms in total. The maximum absolute atomic E-state index is 6.16. The molecule has 168 valence electrons. The average molecular weight is 419 g/mol. The van der Waals surface area contributed by atoms with Gasteiger partial charge in [0.2, 0.25) is 0 Å². The minimum atomic E-state index is -0.120. The lowest BCUT2D eigenvalue weighted by molar-refractivity contribution is -0.205. The molecule has 8 aliphatic carbocycles. The van der Waals surface area contributed by atoms with E-state index in [0.717, 1.165) is 40.8 Å². The Hall–Kier alpha value is -0.980. The average Bonchev–Trinajstić information content (AvgIpc) is 2.65. The van der Waals surface area contributed by atoms with E-state index in [2.05, 4.69) is 45.0 Å². The standard InChI is InChI=1S/C30H42O/c1-27(2,3)31-26-6-4-25(5-7-26)28-12-23-11-24(13-28)18-30(17-23,19-28)29-14-20-8-21(15-29)10-22(9-20)16-29/h4-7,20-24H,8-19H2,1-3H3. The summed E-state index contributed by atoms with van der Waals surface area (Å²) in [6, 6.07) is 9.47. The molecule has 0 amide bonds. The zero-order valence-electron chi connectivity index (χ0n) is 20.1. The minimum absolute atomic E-state index is 0.120. The van der Waals surface area contributed by atoms with Gasteiger partial charge in [-0.25, -0.2) is 0 Å². The van der Waals surface area contributed by atoms with Gasteiger partial charge in [-0.05, 0) is 161 Å². The molecule has 0 aromatic heterocycles. The van der Waals surface area contributed by atoms with Crippen LogP contribution in [0.15, 0.2) is 24.3 Å². The summed E-state index contributed by atoms with van der Waals surface area (Å²) in [5.41, 5.74) is 3.39. The molecule has 1 aromatic rings. The first-order chi connectivity index (χ1) is 14.7. The molecular formula is C30H42O. The van der Waals surface area contributed by atoms with Crippen LogP contribution >= 0.6 is 0 Å². The topological polar surface area (TPSA) is 9.23 Å². The maximum Gasteiger partial charge on any atom is 0.120 e. The Morgan fingerprint density at radius 1 is 0.645 bits per heavy atom. The fourth-order valence-electron chi connectivity index (χ4n) is 11.2. The number of rotatable bonds is 3. The van der Waals surface area contributed by atoms with Crippen molar-refractivity contribution in [1.82, 2.24) is 0 Å². The smallest absolute Gasteiger partial charge is 0.120 e. The Morgan fingerprint density at radius 2 is 1.13 bits per heavy atom. The van der Waals surface area contributed by atoms with Crippen LogP contribution in [0.4, 0.5) is 0 Å². The Balaban J connectivity index is 1.24. The van der Waals surface area contributed by atoms with Crippen LogP contribution in [0.3, 0.4) is 0 Å². The van der Waals surface area contributed by atoms with Gasteiger partial charge in [0.15, 0.2) is 0 Å². The minimum Gasteiger partial charge on any atom is -0.488 e. The van der Waals surface area contributed by atoms with Crippen LogP contribution in [0.2, 0.25) is 0 Å². The molecule has 8 saturated carbocycles. The highest BCUT2D eigenvalue weighted by Gasteiger charge is 2.67. The summed E-state index contributed by atoms with van der Waals surface area (Å²) in [6.45, 7) is 6.44. The van der Waals surface area contributed by atoms with E-state index in [0.29, 0.717) is 10.8 Å². The van der Waals surface area contributed by atoms with Gasteiger partial charge in [-0.1, -0.05) is 12.1 Å². The molecule has 0 aliphatic heterocycles. The van der Waals surface area contributed by atoms with E-state index >= 15 is 0 Å². The van der Waals surface area contributed by atoms with E-state index in [1.54, 1.807) is 63.4 Å². The van der Waals surface area contributed by atoms with Crippen LogP contribution < -0.4 is 4.74 Å². The van der Waals surface area contributed by atoms with Crippen LogP contribution in [0.5, 0.6) is 5.75 Å². The first-order valence-corrected chi connectivity index (χ1v) is 13.5. The third kappa shape index (κ3) is 2.86. The fourth-order valence-corrected chi connectivity index (χ4v) is 11.2. The molecule has 31 heavy (non-hydrogen) atoms. The second kappa shape index (κ2) is 6.12. The van der Waals surface area contributed by atoms with Crippen molar-refractivity contribution in [2.75, 3.05) is 0 Å². The molecule has 0 spiro atoms. The molecule has 0 radical (unpaired) electrons. The molecule has 0 N–H and O–H groups in total. The highest BCUT2D eigenvalue weighted by molar-refractivity contribution is 5.36. The number of hydrogen-bond donors (Lipinski definition) is 0. The zero-order valence-corrected chi connectivity index (χ0v) is 20.1. The van der Waals surface area contributed by atoms with Gasteiger partial charge in [0.05, 0.1) is 0 Å². The van der Waals surface area contributed by atoms with Crippen LogP contribution in [-0.4, -0.2) is 5.60 Å². The third-order valence-corrected chi connectivity index (χ3v) is 11.1. The molecule has 8 aliphatic rings. The van der Waals surface area contributed by atoms with Crippen molar-refractivity contribution in [1.29, 1.82) is 0 Å². The van der Waals surface area contributed by atoms with Crippen molar-refractivity contribution in [3.05, 3.63) is 29.8 Å². The van der Waals surface area contributed by atoms with Crippen molar-refractivity contribution in [3.8, 4) is 5.75 Å². The van der Waals surface area contributed by atoms with E-state index in [1.165, 1.54) is 19.3 Å². The van der Waals surface area contributed by atoms with Crippen LogP contribution in [0, 0.1) is 40.4 Å². The van der Waals surface area contributed by atoms with Gasteiger partial charge >= 0.3 is 0 Å². The van der Waals surface area contributed by atoms with Crippen LogP contribution in [0.25, 0.3) is 0 Å². The molecule has 2 unspecified atom stereocenters. The first kappa shape index (κ1) is 19.5. The van der Waals surface area contributed by atoms with Crippen molar-refractivity contribution in [2.45, 2.75) is 109 Å². The monoisotopic (exact) mass is 418 g/mol. The van der Waals surface area contributed by atoms with Gasteiger partial charge in [-0.2, -0.15) is 0 Å². The molecule has 0 heterocycles. The fraction of sp³-hybridized carbons (Fsp3) is 0.800. The zero-order chi connectivity index (χ0) is 21.1. The summed E-state index contributed by atoms with van der Waals surface area (Å²) in [5, 5.41) is 0. The van der Waals surface area contributed by atoms with E-state index < -0.39 is 0 Å². The molecule has 8 bridgehead atoms. The van der Waals surface area contributed by atoms with Gasteiger partial charge < -0.3 is 4.74 Å². The quantitative estimate of drug-likeness (QED) is 0.484. The Labute approximate surface area is 189 Å². The summed E-state index contributed by atoms with van der Waals surface area (Å²) in [4.78, 5) is 0. The lowest BCUT2D eigenvalue weighted by Gasteiger charge is -2.72. The van der Waals surface area contributed by atoms with E-state index in [1.807, 2.05) is 0 Å². The third-order valence-electron chi connectivity index (χ3n) is 11.1. The Bertz CT molecular complexity index is 821. The normalized spacial score (nSPS) is 49.6. The van der Waals surface area contributed by atoms with Gasteiger partial charge in [0.25, 0.3) is 0 Å². The summed E-state index contributed by atoms with van der Waals surface area (Å²) in [5.74, 6) is 6.30. The van der Waals surface area contributed by atoms with Gasteiger partial charge in [0.1, 0.15) is 11.4 Å². The van der Waals surface area contributed by atoms with Crippen molar-refractivity contribution in [2.24, 2.45) is 40.4 Å². The first-order valence-electron chi connectivity index (χ1n) is 13.5. The van der Waals surface area contributed by atoms with E-state index in [4.69, 9.17) is 4.74 Å². The summed E-state index contributed by atoms with van der Waals surface area (Å²) < 4.78 is 6.16. The van der Waals surface area contributed by atoms with Crippen molar-refractivity contribution >= 4 is 0 Å². The molecule has 8 fully saturated rings. The molecule has 1 heteroatoms. The molecular weight excluding hydrogens is 376 g/mol. The SMILES string of the molecule is CC(C)(C)Oc1ccc(C23CC4CC(C2)CC(C25CC6CC(CC(C6)C2)C5)(C4)C3)cc1. The van der Waals surface area contributed by atoms with Gasteiger partial charge in [-0.3, -0.25) is 0 Å². The number of hydrogen-bond acceptors (Lipinski definition) is 1. The Morgan fingerprint density at radius 3 is 1.65 bits per heavy atom. The van der Waals surface area contributed by atoms with Gasteiger partial charge in [0, 0.05) is 0 Å². The number of benzene rings is 1. The van der Waals surface area contributed by atoms with Crippen LogP contribution in [-0.2, 0) is 5.41 Å². The van der Waals surface area contributed by atoms with Crippen molar-refractivity contribution in [3.63, 3.8) is 0 Å². The highest BCUT2D eigenvalue weighted by Crippen LogP contribution is 2.77. The predicted molar refractivity (Wildman–Crippen MR) is 126 cm³/mol. The van der Waals surface area contributed by atoms with Crippen LogP contribution in [0.1, 0.15) is 103 Å². The second-order valence-corrected chi connectivity index (χ2v) is 14.5. The van der Waals surface area contributed by atoms with E-state index in [-0.39, 0.29) is 5.60 Å². The number of ether oxygens (including phenoxy) is 1.